The fourth-order valence-corrected chi connectivity index (χ4v) is 1.65. The lowest BCUT2D eigenvalue weighted by molar-refractivity contribution is -0.119. The Labute approximate surface area is 115 Å². The van der Waals surface area contributed by atoms with Gasteiger partial charge in [0.05, 0.1) is 6.54 Å². The van der Waals surface area contributed by atoms with Crippen molar-refractivity contribution in [2.24, 2.45) is 5.73 Å². The third kappa shape index (κ3) is 4.22. The highest BCUT2D eigenvalue weighted by Gasteiger charge is 2.02. The lowest BCUT2D eigenvalue weighted by Crippen LogP contribution is -2.20. The fraction of sp³-hybridized carbons (Fsp3) is 0.154. The molecule has 0 radical (unpaired) electrons. The first-order valence-electron chi connectivity index (χ1n) is 5.63. The molecule has 0 saturated heterocycles. The number of furan rings is 1. The zero-order chi connectivity index (χ0) is 13.7. The van der Waals surface area contributed by atoms with Gasteiger partial charge >= 0.3 is 0 Å². The maximum Gasteiger partial charge on any atom is 0.255 e. The van der Waals surface area contributed by atoms with Gasteiger partial charge in [0, 0.05) is 11.8 Å². The van der Waals surface area contributed by atoms with Gasteiger partial charge in [-0.3, -0.25) is 4.79 Å². The predicted octanol–water partition coefficient (Wildman–Crippen LogP) is 2.41. The van der Waals surface area contributed by atoms with E-state index >= 15 is 0 Å². The summed E-state index contributed by atoms with van der Waals surface area (Å²) in [6.45, 7) is 0.364. The normalized spacial score (nSPS) is 10.2. The molecule has 5 nitrogen and oxygen atoms in total. The Hall–Kier alpha value is -2.14. The molecule has 100 valence electrons. The van der Waals surface area contributed by atoms with Gasteiger partial charge < -0.3 is 20.2 Å². The number of ether oxygens (including phenoxy) is 1. The van der Waals surface area contributed by atoms with Crippen LogP contribution in [0.4, 0.5) is 5.69 Å². The van der Waals surface area contributed by atoms with E-state index in [0.717, 1.165) is 11.4 Å². The van der Waals surface area contributed by atoms with Gasteiger partial charge in [-0.05, 0) is 35.9 Å². The monoisotopic (exact) mass is 280 g/mol. The van der Waals surface area contributed by atoms with Crippen molar-refractivity contribution in [3.05, 3.63) is 47.4 Å². The molecule has 0 aliphatic heterocycles. The molecule has 2 rings (SSSR count). The average molecular weight is 281 g/mol. The van der Waals surface area contributed by atoms with Crippen molar-refractivity contribution in [3.63, 3.8) is 0 Å². The van der Waals surface area contributed by atoms with Crippen molar-refractivity contribution >= 4 is 23.2 Å². The molecule has 0 fully saturated rings. The van der Waals surface area contributed by atoms with Crippen LogP contribution in [-0.4, -0.2) is 12.5 Å². The molecule has 1 amide bonds. The van der Waals surface area contributed by atoms with Crippen LogP contribution in [-0.2, 0) is 11.3 Å². The molecule has 0 aliphatic rings. The zero-order valence-corrected chi connectivity index (χ0v) is 10.8. The summed E-state index contributed by atoms with van der Waals surface area (Å²) < 4.78 is 10.4. The van der Waals surface area contributed by atoms with Crippen LogP contribution in [0.1, 0.15) is 5.76 Å². The number of rotatable bonds is 6. The number of hydrogen-bond donors (Lipinski definition) is 2. The Morgan fingerprint density at radius 3 is 2.89 bits per heavy atom. The maximum absolute atomic E-state index is 10.6. The Morgan fingerprint density at radius 1 is 1.37 bits per heavy atom. The Balaban J connectivity index is 1.93. The molecular weight excluding hydrogens is 268 g/mol. The number of halogens is 1. The molecule has 1 aromatic carbocycles. The first kappa shape index (κ1) is 13.3. The molecule has 0 spiro atoms. The summed E-state index contributed by atoms with van der Waals surface area (Å²) in [5.74, 6) is 0.790. The second-order valence-electron chi connectivity index (χ2n) is 3.84. The molecule has 1 heterocycles. The van der Waals surface area contributed by atoms with Crippen LogP contribution in [0.3, 0.4) is 0 Å². The van der Waals surface area contributed by atoms with Gasteiger partial charge in [0.2, 0.25) is 0 Å². The lowest BCUT2D eigenvalue weighted by Gasteiger charge is -2.07. The highest BCUT2D eigenvalue weighted by atomic mass is 35.5. The maximum atomic E-state index is 10.6. The van der Waals surface area contributed by atoms with E-state index in [4.69, 9.17) is 26.5 Å². The molecular formula is C13H13ClN2O3. The summed E-state index contributed by atoms with van der Waals surface area (Å²) in [6.07, 6.45) is 0. The second kappa shape index (κ2) is 6.15. The summed E-state index contributed by atoms with van der Waals surface area (Å²) in [5, 5.41) is 3.51. The molecule has 6 heteroatoms. The minimum absolute atomic E-state index is 0.142. The minimum Gasteiger partial charge on any atom is -0.484 e. The summed E-state index contributed by atoms with van der Waals surface area (Å²) in [7, 11) is 0. The quantitative estimate of drug-likeness (QED) is 0.852. The van der Waals surface area contributed by atoms with Crippen LogP contribution in [0.15, 0.2) is 40.8 Å². The van der Waals surface area contributed by atoms with E-state index in [2.05, 4.69) is 5.32 Å². The van der Waals surface area contributed by atoms with E-state index in [-0.39, 0.29) is 6.61 Å². The van der Waals surface area contributed by atoms with Crippen LogP contribution in [0.5, 0.6) is 5.75 Å². The number of hydrogen-bond acceptors (Lipinski definition) is 4. The van der Waals surface area contributed by atoms with Gasteiger partial charge in [0.25, 0.3) is 5.91 Å². The number of amides is 1. The van der Waals surface area contributed by atoms with Gasteiger partial charge in [0.15, 0.2) is 11.8 Å². The first-order chi connectivity index (χ1) is 9.13. The topological polar surface area (TPSA) is 77.5 Å². The van der Waals surface area contributed by atoms with Crippen LogP contribution in [0.25, 0.3) is 0 Å². The number of nitrogens with one attached hydrogen (secondary N) is 1. The summed E-state index contributed by atoms with van der Waals surface area (Å²) in [6, 6.07) is 10.7. The third-order valence-corrected chi connectivity index (χ3v) is 2.51. The highest BCUT2D eigenvalue weighted by Crippen LogP contribution is 2.19. The lowest BCUT2D eigenvalue weighted by atomic mass is 10.3. The molecule has 1 aromatic heterocycles. The molecule has 2 aromatic rings. The van der Waals surface area contributed by atoms with Gasteiger partial charge in [0.1, 0.15) is 11.5 Å². The van der Waals surface area contributed by atoms with Gasteiger partial charge in [-0.1, -0.05) is 6.07 Å². The van der Waals surface area contributed by atoms with Gasteiger partial charge in [-0.15, -0.1) is 0 Å². The Bertz CT molecular complexity index is 569. The van der Waals surface area contributed by atoms with Crippen LogP contribution < -0.4 is 15.8 Å². The van der Waals surface area contributed by atoms with Crippen LogP contribution in [0.2, 0.25) is 5.22 Å². The van der Waals surface area contributed by atoms with E-state index in [0.29, 0.717) is 17.5 Å². The van der Waals surface area contributed by atoms with Crippen molar-refractivity contribution in [1.29, 1.82) is 0 Å². The molecule has 19 heavy (non-hydrogen) atoms. The molecule has 3 N–H and O–H groups in total. The average Bonchev–Trinajstić information content (AvgIpc) is 2.80. The van der Waals surface area contributed by atoms with Crippen molar-refractivity contribution in [2.75, 3.05) is 11.9 Å². The standard InChI is InChI=1S/C13H13ClN2O3/c14-12-5-4-11(19-12)7-16-9-2-1-3-10(6-9)18-8-13(15)17/h1-6,16H,7-8H2,(H2,15,17). The van der Waals surface area contributed by atoms with Crippen molar-refractivity contribution in [2.45, 2.75) is 6.54 Å². The van der Waals surface area contributed by atoms with Gasteiger partial charge in [-0.2, -0.15) is 0 Å². The van der Waals surface area contributed by atoms with E-state index in [1.807, 2.05) is 12.1 Å². The van der Waals surface area contributed by atoms with E-state index in [1.54, 1.807) is 24.3 Å². The molecule has 0 atom stereocenters. The van der Waals surface area contributed by atoms with Crippen LogP contribution in [0, 0.1) is 0 Å². The summed E-state index contributed by atoms with van der Waals surface area (Å²) in [4.78, 5) is 10.6. The zero-order valence-electron chi connectivity index (χ0n) is 10.1. The number of nitrogens with two attached hydrogens (primary N) is 1. The largest absolute Gasteiger partial charge is 0.484 e. The van der Waals surface area contributed by atoms with E-state index < -0.39 is 5.91 Å². The fourth-order valence-electron chi connectivity index (χ4n) is 1.49. The summed E-state index contributed by atoms with van der Waals surface area (Å²) in [5.41, 5.74) is 5.85. The predicted molar refractivity (Wildman–Crippen MR) is 72.2 cm³/mol. The number of carbonyl (C=O) groups excluding carboxylic acids is 1. The van der Waals surface area contributed by atoms with E-state index in [1.165, 1.54) is 0 Å². The number of carbonyl (C=O) groups is 1. The molecule has 0 bridgehead atoms. The Kier molecular flexibility index (Phi) is 4.30. The first-order valence-corrected chi connectivity index (χ1v) is 6.00. The van der Waals surface area contributed by atoms with Crippen molar-refractivity contribution in [1.82, 2.24) is 0 Å². The summed E-state index contributed by atoms with van der Waals surface area (Å²) >= 11 is 5.68. The molecule has 0 saturated carbocycles. The second-order valence-corrected chi connectivity index (χ2v) is 4.21. The SMILES string of the molecule is NC(=O)COc1cccc(NCc2ccc(Cl)o2)c1. The molecule has 0 unspecified atom stereocenters. The smallest absolute Gasteiger partial charge is 0.255 e. The molecule has 0 aliphatic carbocycles. The van der Waals surface area contributed by atoms with Crippen molar-refractivity contribution < 1.29 is 13.9 Å². The van der Waals surface area contributed by atoms with E-state index in [9.17, 15) is 4.79 Å². The number of anilines is 1. The Morgan fingerprint density at radius 2 is 2.21 bits per heavy atom. The minimum atomic E-state index is -0.511. The number of primary amides is 1. The van der Waals surface area contributed by atoms with Crippen molar-refractivity contribution in [3.8, 4) is 5.75 Å². The van der Waals surface area contributed by atoms with Crippen LogP contribution >= 0.6 is 11.6 Å². The highest BCUT2D eigenvalue weighted by molar-refractivity contribution is 6.28. The third-order valence-electron chi connectivity index (χ3n) is 2.31. The van der Waals surface area contributed by atoms with Gasteiger partial charge in [-0.25, -0.2) is 0 Å². The number of benzene rings is 1.